The summed E-state index contributed by atoms with van der Waals surface area (Å²) >= 11 is 0. The van der Waals surface area contributed by atoms with Crippen LogP contribution in [0.3, 0.4) is 0 Å². The van der Waals surface area contributed by atoms with E-state index in [4.69, 9.17) is 9.47 Å². The number of aromatic nitrogens is 1. The van der Waals surface area contributed by atoms with Crippen molar-refractivity contribution in [2.75, 3.05) is 20.8 Å². The summed E-state index contributed by atoms with van der Waals surface area (Å²) in [6.07, 6.45) is 7.68. The number of carbonyl (C=O) groups is 3. The molecule has 0 aliphatic heterocycles. The van der Waals surface area contributed by atoms with Crippen molar-refractivity contribution < 1.29 is 29.0 Å². The standard InChI is InChI=1S/C34H45N3O6/c1-5-6-15-26(32-29(42-3)17-22(2)18-30(32)43-4)36-33(40)25(23-12-8-7-9-13-23)20-35-34(41)28-19-24-14-10-11-16-27(24)37(28)21-31(38)39/h10-11,14,16-19,23,25-26H,5-9,12-13,15,20-21H2,1-4H3,(H,35,41)(H,36,40)(H,38,39). The SMILES string of the molecule is CCCCC(NC(=O)C(CNC(=O)c1cc2ccccc2n1CC(=O)O)C1CCCCC1)c1c(OC)cc(C)cc1OC. The van der Waals surface area contributed by atoms with E-state index in [0.717, 1.165) is 67.9 Å². The number of nitrogens with zero attached hydrogens (tertiary/aromatic N) is 1. The van der Waals surface area contributed by atoms with Crippen LogP contribution in [0.15, 0.2) is 42.5 Å². The van der Waals surface area contributed by atoms with E-state index in [0.29, 0.717) is 17.0 Å². The molecular weight excluding hydrogens is 546 g/mol. The summed E-state index contributed by atoms with van der Waals surface area (Å²) in [6.45, 7) is 3.92. The van der Waals surface area contributed by atoms with E-state index in [-0.39, 0.29) is 36.7 Å². The number of methoxy groups -OCH3 is 2. The zero-order chi connectivity index (χ0) is 30.9. The van der Waals surface area contributed by atoms with Crippen molar-refractivity contribution in [2.24, 2.45) is 11.8 Å². The number of unbranched alkanes of at least 4 members (excludes halogenated alkanes) is 1. The summed E-state index contributed by atoms with van der Waals surface area (Å²) < 4.78 is 13.0. The van der Waals surface area contributed by atoms with E-state index in [2.05, 4.69) is 17.6 Å². The maximum Gasteiger partial charge on any atom is 0.323 e. The average molecular weight is 592 g/mol. The molecule has 0 spiro atoms. The van der Waals surface area contributed by atoms with Gasteiger partial charge in [0.25, 0.3) is 5.91 Å². The molecule has 3 N–H and O–H groups in total. The zero-order valence-corrected chi connectivity index (χ0v) is 25.8. The van der Waals surface area contributed by atoms with Gasteiger partial charge in [0.2, 0.25) is 5.91 Å². The van der Waals surface area contributed by atoms with Crippen molar-refractivity contribution >= 4 is 28.7 Å². The van der Waals surface area contributed by atoms with Gasteiger partial charge in [0.15, 0.2) is 0 Å². The highest BCUT2D eigenvalue weighted by Crippen LogP contribution is 2.38. The summed E-state index contributed by atoms with van der Waals surface area (Å²) in [4.78, 5) is 39.3. The molecule has 1 fully saturated rings. The minimum atomic E-state index is -1.03. The van der Waals surface area contributed by atoms with Gasteiger partial charge >= 0.3 is 5.97 Å². The van der Waals surface area contributed by atoms with Crippen molar-refractivity contribution in [3.63, 3.8) is 0 Å². The van der Waals surface area contributed by atoms with Crippen molar-refractivity contribution in [3.8, 4) is 11.5 Å². The van der Waals surface area contributed by atoms with Crippen LogP contribution in [0.4, 0.5) is 0 Å². The minimum absolute atomic E-state index is 0.107. The molecule has 1 aromatic heterocycles. The highest BCUT2D eigenvalue weighted by molar-refractivity contribution is 5.99. The van der Waals surface area contributed by atoms with Crippen LogP contribution in [0.1, 0.15) is 85.9 Å². The van der Waals surface area contributed by atoms with Gasteiger partial charge in [-0.1, -0.05) is 57.2 Å². The largest absolute Gasteiger partial charge is 0.496 e. The monoisotopic (exact) mass is 591 g/mol. The van der Waals surface area contributed by atoms with Crippen LogP contribution < -0.4 is 20.1 Å². The molecular formula is C34H45N3O6. The van der Waals surface area contributed by atoms with Crippen molar-refractivity contribution in [2.45, 2.75) is 77.8 Å². The summed E-state index contributed by atoms with van der Waals surface area (Å²) in [7, 11) is 3.25. The smallest absolute Gasteiger partial charge is 0.323 e. The third kappa shape index (κ3) is 7.69. The minimum Gasteiger partial charge on any atom is -0.496 e. The third-order valence-electron chi connectivity index (χ3n) is 8.57. The Morgan fingerprint density at radius 2 is 1.70 bits per heavy atom. The summed E-state index contributed by atoms with van der Waals surface area (Å²) in [5.74, 6) is -0.491. The number of fused-ring (bicyclic) bond motifs is 1. The van der Waals surface area contributed by atoms with Gasteiger partial charge in [0.05, 0.1) is 31.7 Å². The van der Waals surface area contributed by atoms with Crippen LogP contribution in [0.25, 0.3) is 10.9 Å². The number of carboxylic acid groups (broad SMARTS) is 1. The number of rotatable bonds is 14. The number of amides is 2. The number of para-hydroxylation sites is 1. The molecule has 2 atom stereocenters. The number of carbonyl (C=O) groups excluding carboxylic acids is 2. The molecule has 1 aliphatic carbocycles. The van der Waals surface area contributed by atoms with Gasteiger partial charge in [0, 0.05) is 17.4 Å². The first kappa shape index (κ1) is 31.9. The van der Waals surface area contributed by atoms with E-state index in [1.165, 1.54) is 4.57 Å². The maximum absolute atomic E-state index is 14.1. The molecule has 9 nitrogen and oxygen atoms in total. The third-order valence-corrected chi connectivity index (χ3v) is 8.57. The molecule has 43 heavy (non-hydrogen) atoms. The lowest BCUT2D eigenvalue weighted by Gasteiger charge is -2.32. The molecule has 1 aliphatic rings. The molecule has 9 heteroatoms. The molecule has 0 bridgehead atoms. The topological polar surface area (TPSA) is 119 Å². The number of aliphatic carboxylic acids is 1. The van der Waals surface area contributed by atoms with Crippen LogP contribution in [-0.2, 0) is 16.1 Å². The van der Waals surface area contributed by atoms with Crippen molar-refractivity contribution in [1.29, 1.82) is 0 Å². The Morgan fingerprint density at radius 1 is 1.02 bits per heavy atom. The summed E-state index contributed by atoms with van der Waals surface area (Å²) in [5.41, 5.74) is 2.76. The van der Waals surface area contributed by atoms with E-state index >= 15 is 0 Å². The molecule has 1 saturated carbocycles. The predicted molar refractivity (Wildman–Crippen MR) is 167 cm³/mol. The molecule has 4 rings (SSSR count). The quantitative estimate of drug-likeness (QED) is 0.211. The summed E-state index contributed by atoms with van der Waals surface area (Å²) in [5, 5.41) is 16.6. The van der Waals surface area contributed by atoms with Gasteiger partial charge in [-0.15, -0.1) is 0 Å². The van der Waals surface area contributed by atoms with Gasteiger partial charge in [0.1, 0.15) is 23.7 Å². The van der Waals surface area contributed by atoms with E-state index < -0.39 is 17.8 Å². The van der Waals surface area contributed by atoms with Crippen LogP contribution in [0.5, 0.6) is 11.5 Å². The second kappa shape index (κ2) is 14.9. The first-order chi connectivity index (χ1) is 20.8. The number of benzene rings is 2. The fraction of sp³-hybridized carbons (Fsp3) is 0.500. The van der Waals surface area contributed by atoms with E-state index in [9.17, 15) is 19.5 Å². The molecule has 232 valence electrons. The van der Waals surface area contributed by atoms with Gasteiger partial charge < -0.3 is 29.8 Å². The van der Waals surface area contributed by atoms with Gasteiger partial charge in [-0.25, -0.2) is 0 Å². The second-order valence-electron chi connectivity index (χ2n) is 11.6. The predicted octanol–water partition coefficient (Wildman–Crippen LogP) is 6.03. The van der Waals surface area contributed by atoms with E-state index in [1.54, 1.807) is 26.4 Å². The fourth-order valence-corrected chi connectivity index (χ4v) is 6.40. The van der Waals surface area contributed by atoms with E-state index in [1.807, 2.05) is 37.3 Å². The highest BCUT2D eigenvalue weighted by atomic mass is 16.5. The number of carboxylic acids is 1. The van der Waals surface area contributed by atoms with Crippen LogP contribution in [0, 0.1) is 18.8 Å². The number of hydrogen-bond acceptors (Lipinski definition) is 5. The van der Waals surface area contributed by atoms with Gasteiger partial charge in [-0.05, 0) is 61.9 Å². The van der Waals surface area contributed by atoms with Crippen molar-refractivity contribution in [3.05, 3.63) is 59.3 Å². The Bertz CT molecular complexity index is 1400. The van der Waals surface area contributed by atoms with Crippen LogP contribution in [0.2, 0.25) is 0 Å². The maximum atomic E-state index is 14.1. The molecule has 2 amide bonds. The number of hydrogen-bond donors (Lipinski definition) is 3. The second-order valence-corrected chi connectivity index (χ2v) is 11.6. The first-order valence-corrected chi connectivity index (χ1v) is 15.4. The Hall–Kier alpha value is -4.01. The molecule has 0 radical (unpaired) electrons. The average Bonchev–Trinajstić information content (AvgIpc) is 3.37. The lowest BCUT2D eigenvalue weighted by Crippen LogP contribution is -2.44. The molecule has 0 saturated heterocycles. The molecule has 2 unspecified atom stereocenters. The van der Waals surface area contributed by atoms with Crippen LogP contribution in [-0.4, -0.2) is 48.2 Å². The van der Waals surface area contributed by atoms with Gasteiger partial charge in [-0.3, -0.25) is 14.4 Å². The number of aryl methyl sites for hydroxylation is 1. The van der Waals surface area contributed by atoms with Crippen LogP contribution >= 0.6 is 0 Å². The normalized spacial score (nSPS) is 15.1. The molecule has 3 aromatic rings. The summed E-state index contributed by atoms with van der Waals surface area (Å²) in [6, 6.07) is 12.6. The molecule has 1 heterocycles. The Balaban J connectivity index is 1.61. The highest BCUT2D eigenvalue weighted by Gasteiger charge is 2.33. The molecule has 2 aromatic carbocycles. The van der Waals surface area contributed by atoms with Gasteiger partial charge in [-0.2, -0.15) is 0 Å². The zero-order valence-electron chi connectivity index (χ0n) is 25.8. The number of nitrogens with one attached hydrogen (secondary N) is 2. The Morgan fingerprint density at radius 3 is 2.33 bits per heavy atom. The number of ether oxygens (including phenoxy) is 2. The first-order valence-electron chi connectivity index (χ1n) is 15.4. The lowest BCUT2D eigenvalue weighted by molar-refractivity contribution is -0.137. The lowest BCUT2D eigenvalue weighted by atomic mass is 9.79. The Kier molecular flexibility index (Phi) is 11.1. The van der Waals surface area contributed by atoms with Crippen molar-refractivity contribution in [1.82, 2.24) is 15.2 Å². The fourth-order valence-electron chi connectivity index (χ4n) is 6.40. The Labute approximate surface area is 253 Å².